The predicted octanol–water partition coefficient (Wildman–Crippen LogP) is 1.49. The fourth-order valence-corrected chi connectivity index (χ4v) is 3.32. The van der Waals surface area contributed by atoms with Crippen molar-refractivity contribution >= 4 is 16.0 Å². The monoisotopic (exact) mass is 408 g/mol. The van der Waals surface area contributed by atoms with E-state index in [0.717, 1.165) is 5.56 Å². The van der Waals surface area contributed by atoms with Crippen LogP contribution in [0.25, 0.3) is 0 Å². The van der Waals surface area contributed by atoms with Crippen molar-refractivity contribution in [1.29, 1.82) is 0 Å². The third kappa shape index (κ3) is 5.57. The normalized spacial score (nSPS) is 14.7. The molecule has 3 N–H and O–H groups in total. The molecule has 0 radical (unpaired) electrons. The molecule has 0 bridgehead atoms. The van der Waals surface area contributed by atoms with Gasteiger partial charge in [0.05, 0.1) is 24.2 Å². The molecule has 1 aromatic heterocycles. The van der Waals surface area contributed by atoms with Gasteiger partial charge < -0.3 is 20.2 Å². The van der Waals surface area contributed by atoms with Crippen LogP contribution in [0, 0.1) is 0 Å². The van der Waals surface area contributed by atoms with Gasteiger partial charge in [-0.2, -0.15) is 0 Å². The van der Waals surface area contributed by atoms with Crippen LogP contribution >= 0.6 is 0 Å². The summed E-state index contributed by atoms with van der Waals surface area (Å²) in [7, 11) is -0.445. The van der Waals surface area contributed by atoms with E-state index in [1.807, 2.05) is 6.92 Å². The second kappa shape index (κ2) is 9.22. The molecule has 0 aliphatic heterocycles. The summed E-state index contributed by atoms with van der Waals surface area (Å²) in [6.07, 6.45) is 1.52. The number of nitrogens with one attached hydrogen (secondary N) is 2. The molecular formula is C19H28N4O4S. The Labute approximate surface area is 166 Å². The summed E-state index contributed by atoms with van der Waals surface area (Å²) in [5.41, 5.74) is -0.310. The first kappa shape index (κ1) is 21.9. The van der Waals surface area contributed by atoms with Crippen LogP contribution in [0.4, 0.5) is 0 Å². The molecule has 0 spiro atoms. The Kier molecular flexibility index (Phi) is 7.22. The fraction of sp³-hybridized carbons (Fsp3) is 0.421. The average Bonchev–Trinajstić information content (AvgIpc) is 3.20. The van der Waals surface area contributed by atoms with Crippen molar-refractivity contribution < 1.29 is 17.9 Å². The lowest BCUT2D eigenvalue weighted by molar-refractivity contribution is 0.0386. The summed E-state index contributed by atoms with van der Waals surface area (Å²) in [5, 5.41) is 16.7. The molecule has 0 aliphatic rings. The van der Waals surface area contributed by atoms with Gasteiger partial charge in [0.2, 0.25) is 10.0 Å². The molecule has 1 heterocycles. The van der Waals surface area contributed by atoms with Gasteiger partial charge in [-0.25, -0.2) is 17.7 Å². The van der Waals surface area contributed by atoms with E-state index >= 15 is 0 Å². The van der Waals surface area contributed by atoms with Crippen molar-refractivity contribution in [2.45, 2.75) is 30.9 Å². The first-order chi connectivity index (χ1) is 13.2. The van der Waals surface area contributed by atoms with Crippen molar-refractivity contribution in [3.8, 4) is 0 Å². The zero-order chi connectivity index (χ0) is 20.8. The lowest BCUT2D eigenvalue weighted by atomic mass is 10.0. The first-order valence-electron chi connectivity index (χ1n) is 8.97. The van der Waals surface area contributed by atoms with Crippen LogP contribution in [0.2, 0.25) is 0 Å². The van der Waals surface area contributed by atoms with Crippen LogP contribution in [0.15, 0.2) is 57.0 Å². The van der Waals surface area contributed by atoms with Gasteiger partial charge in [-0.05, 0) is 43.7 Å². The van der Waals surface area contributed by atoms with Gasteiger partial charge in [0.1, 0.15) is 11.4 Å². The van der Waals surface area contributed by atoms with Crippen LogP contribution < -0.4 is 10.6 Å². The molecule has 1 aromatic carbocycles. The van der Waals surface area contributed by atoms with Gasteiger partial charge >= 0.3 is 0 Å². The maximum atomic E-state index is 12.1. The van der Waals surface area contributed by atoms with E-state index in [1.165, 1.54) is 24.7 Å². The van der Waals surface area contributed by atoms with Crippen molar-refractivity contribution in [2.75, 3.05) is 27.2 Å². The van der Waals surface area contributed by atoms with E-state index in [2.05, 4.69) is 15.6 Å². The van der Waals surface area contributed by atoms with E-state index in [0.29, 0.717) is 24.8 Å². The number of benzene rings is 1. The maximum Gasteiger partial charge on any atom is 0.242 e. The van der Waals surface area contributed by atoms with Crippen molar-refractivity contribution in [3.63, 3.8) is 0 Å². The van der Waals surface area contributed by atoms with Gasteiger partial charge in [-0.15, -0.1) is 0 Å². The van der Waals surface area contributed by atoms with Gasteiger partial charge in [0, 0.05) is 20.6 Å². The minimum absolute atomic E-state index is 0.215. The molecule has 2 aromatic rings. The Hall–Kier alpha value is -2.36. The third-order valence-electron chi connectivity index (χ3n) is 4.12. The number of hydrogen-bond acceptors (Lipinski definition) is 5. The summed E-state index contributed by atoms with van der Waals surface area (Å²) in [6, 6.07) is 10.1. The lowest BCUT2D eigenvalue weighted by Gasteiger charge is -2.22. The Morgan fingerprint density at radius 2 is 1.89 bits per heavy atom. The van der Waals surface area contributed by atoms with Gasteiger partial charge in [0.15, 0.2) is 5.96 Å². The molecule has 0 saturated heterocycles. The number of furan rings is 1. The quantitative estimate of drug-likeness (QED) is 0.451. The number of guanidine groups is 1. The molecule has 9 heteroatoms. The highest BCUT2D eigenvalue weighted by molar-refractivity contribution is 7.89. The molecule has 0 aliphatic carbocycles. The molecule has 1 atom stereocenters. The SMILES string of the molecule is CCNC(=NCc1ccc(S(=O)(=O)N(C)C)cc1)NCC(C)(O)c1ccco1. The van der Waals surface area contributed by atoms with Crippen molar-refractivity contribution in [1.82, 2.24) is 14.9 Å². The highest BCUT2D eigenvalue weighted by atomic mass is 32.2. The molecule has 154 valence electrons. The largest absolute Gasteiger partial charge is 0.466 e. The molecule has 2 rings (SSSR count). The van der Waals surface area contributed by atoms with Crippen LogP contribution in [-0.2, 0) is 22.2 Å². The van der Waals surface area contributed by atoms with Crippen LogP contribution in [0.1, 0.15) is 25.2 Å². The molecule has 0 saturated carbocycles. The van der Waals surface area contributed by atoms with Crippen LogP contribution in [0.3, 0.4) is 0 Å². The number of nitrogens with zero attached hydrogens (tertiary/aromatic N) is 2. The van der Waals surface area contributed by atoms with Crippen LogP contribution in [-0.4, -0.2) is 51.0 Å². The second-order valence-corrected chi connectivity index (χ2v) is 8.88. The zero-order valence-corrected chi connectivity index (χ0v) is 17.5. The maximum absolute atomic E-state index is 12.1. The number of aliphatic hydroxyl groups is 1. The Morgan fingerprint density at radius 3 is 2.43 bits per heavy atom. The van der Waals surface area contributed by atoms with Gasteiger partial charge in [0.25, 0.3) is 0 Å². The Morgan fingerprint density at radius 1 is 1.21 bits per heavy atom. The number of hydrogen-bond donors (Lipinski definition) is 3. The molecule has 1 unspecified atom stereocenters. The Bertz CT molecular complexity index is 873. The third-order valence-corrected chi connectivity index (χ3v) is 5.95. The molecule has 0 amide bonds. The average molecular weight is 409 g/mol. The van der Waals surface area contributed by atoms with Crippen LogP contribution in [0.5, 0.6) is 0 Å². The number of sulfonamides is 1. The minimum atomic E-state index is -3.44. The van der Waals surface area contributed by atoms with Crippen molar-refractivity contribution in [3.05, 3.63) is 54.0 Å². The predicted molar refractivity (Wildman–Crippen MR) is 108 cm³/mol. The smallest absolute Gasteiger partial charge is 0.242 e. The highest BCUT2D eigenvalue weighted by Crippen LogP contribution is 2.19. The summed E-state index contributed by atoms with van der Waals surface area (Å²) >= 11 is 0. The highest BCUT2D eigenvalue weighted by Gasteiger charge is 2.26. The summed E-state index contributed by atoms with van der Waals surface area (Å²) in [4.78, 5) is 4.73. The first-order valence-corrected chi connectivity index (χ1v) is 10.4. The molecule has 0 fully saturated rings. The summed E-state index contributed by atoms with van der Waals surface area (Å²) in [5.74, 6) is 1.01. The summed E-state index contributed by atoms with van der Waals surface area (Å²) < 4.78 is 30.7. The second-order valence-electron chi connectivity index (χ2n) is 6.73. The molecule has 8 nitrogen and oxygen atoms in total. The summed E-state index contributed by atoms with van der Waals surface area (Å²) in [6.45, 7) is 4.84. The molecular weight excluding hydrogens is 380 g/mol. The number of aliphatic imine (C=N–C) groups is 1. The van der Waals surface area contributed by atoms with E-state index in [-0.39, 0.29) is 11.4 Å². The van der Waals surface area contributed by atoms with E-state index in [4.69, 9.17) is 4.42 Å². The standard InChI is InChI=1S/C19H28N4O4S/c1-5-20-18(22-14-19(2,24)17-7-6-12-27-17)21-13-15-8-10-16(11-9-15)28(25,26)23(3)4/h6-12,24H,5,13-14H2,1-4H3,(H2,20,21,22). The fourth-order valence-electron chi connectivity index (χ4n) is 2.42. The van der Waals surface area contributed by atoms with Crippen molar-refractivity contribution in [2.24, 2.45) is 4.99 Å². The van der Waals surface area contributed by atoms with E-state index < -0.39 is 15.6 Å². The van der Waals surface area contributed by atoms with Gasteiger partial charge in [-0.3, -0.25) is 0 Å². The van der Waals surface area contributed by atoms with E-state index in [9.17, 15) is 13.5 Å². The lowest BCUT2D eigenvalue weighted by Crippen LogP contribution is -2.44. The minimum Gasteiger partial charge on any atom is -0.466 e. The molecule has 28 heavy (non-hydrogen) atoms. The number of rotatable bonds is 8. The topological polar surface area (TPSA) is 107 Å². The zero-order valence-electron chi connectivity index (χ0n) is 16.6. The van der Waals surface area contributed by atoms with E-state index in [1.54, 1.807) is 43.3 Å². The Balaban J connectivity index is 2.04. The van der Waals surface area contributed by atoms with Gasteiger partial charge in [-0.1, -0.05) is 12.1 Å².